The molecule has 1 saturated heterocycles. The summed E-state index contributed by atoms with van der Waals surface area (Å²) in [5, 5.41) is 2.65. The molecule has 2 amide bonds. The van der Waals surface area contributed by atoms with Crippen LogP contribution in [0.5, 0.6) is 0 Å². The molecule has 7 nitrogen and oxygen atoms in total. The summed E-state index contributed by atoms with van der Waals surface area (Å²) >= 11 is 1.41. The summed E-state index contributed by atoms with van der Waals surface area (Å²) in [7, 11) is 0. The van der Waals surface area contributed by atoms with E-state index in [0.717, 1.165) is 10.9 Å². The van der Waals surface area contributed by atoms with Gasteiger partial charge in [0, 0.05) is 42.8 Å². The van der Waals surface area contributed by atoms with Gasteiger partial charge in [-0.2, -0.15) is 0 Å². The van der Waals surface area contributed by atoms with Crippen molar-refractivity contribution in [1.29, 1.82) is 0 Å². The Kier molecular flexibility index (Phi) is 5.35. The number of amides is 2. The molecule has 0 spiro atoms. The molecule has 0 atom stereocenters. The van der Waals surface area contributed by atoms with Gasteiger partial charge >= 0.3 is 5.97 Å². The number of H-pyrrole nitrogens is 1. The van der Waals surface area contributed by atoms with Gasteiger partial charge in [0.25, 0.3) is 11.8 Å². The first-order valence-electron chi connectivity index (χ1n) is 9.39. The second kappa shape index (κ2) is 8.08. The maximum atomic E-state index is 12.5. The van der Waals surface area contributed by atoms with E-state index in [-0.39, 0.29) is 18.4 Å². The Morgan fingerprint density at radius 1 is 1.03 bits per heavy atom. The number of hydrogen-bond donors (Lipinski definition) is 1. The Labute approximate surface area is 171 Å². The number of hydrogen-bond acceptors (Lipinski definition) is 5. The van der Waals surface area contributed by atoms with Crippen LogP contribution in [0.3, 0.4) is 0 Å². The van der Waals surface area contributed by atoms with Crippen LogP contribution in [0, 0.1) is 6.92 Å². The second-order valence-electron chi connectivity index (χ2n) is 6.90. The number of carbonyl (C=O) groups is 3. The van der Waals surface area contributed by atoms with Gasteiger partial charge in [-0.25, -0.2) is 4.79 Å². The van der Waals surface area contributed by atoms with Crippen molar-refractivity contribution in [3.05, 3.63) is 57.9 Å². The van der Waals surface area contributed by atoms with Crippen molar-refractivity contribution in [2.45, 2.75) is 6.92 Å². The van der Waals surface area contributed by atoms with Crippen LogP contribution in [0.1, 0.15) is 25.7 Å². The maximum absolute atomic E-state index is 12.5. The van der Waals surface area contributed by atoms with Crippen molar-refractivity contribution in [2.24, 2.45) is 0 Å². The van der Waals surface area contributed by atoms with Gasteiger partial charge in [0.05, 0.1) is 10.4 Å². The number of nitrogens with zero attached hydrogens (tertiary/aromatic N) is 2. The van der Waals surface area contributed by atoms with E-state index in [9.17, 15) is 14.4 Å². The Balaban J connectivity index is 1.32. The van der Waals surface area contributed by atoms with E-state index in [0.29, 0.717) is 42.3 Å². The number of aromatic amines is 1. The number of para-hydroxylation sites is 1. The van der Waals surface area contributed by atoms with E-state index < -0.39 is 5.97 Å². The molecule has 0 radical (unpaired) electrons. The minimum Gasteiger partial charge on any atom is -0.452 e. The highest BCUT2D eigenvalue weighted by molar-refractivity contribution is 7.12. The minimum atomic E-state index is -0.514. The first-order chi connectivity index (χ1) is 14.0. The standard InChI is InChI=1S/C21H21N3O4S/c1-14-19(15-5-2-3-6-16(15)22-14)21(27)28-13-18(25)23-8-10-24(11-9-23)20(26)17-7-4-12-29-17/h2-7,12,22H,8-11,13H2,1H3. The summed E-state index contributed by atoms with van der Waals surface area (Å²) in [4.78, 5) is 44.6. The molecule has 1 N–H and O–H groups in total. The molecule has 0 bridgehead atoms. The molecule has 2 aromatic heterocycles. The number of fused-ring (bicyclic) bond motifs is 1. The third-order valence-corrected chi connectivity index (χ3v) is 5.93. The highest BCUT2D eigenvalue weighted by Gasteiger charge is 2.26. The quantitative estimate of drug-likeness (QED) is 0.669. The molecule has 0 saturated carbocycles. The summed E-state index contributed by atoms with van der Waals surface area (Å²) in [6.07, 6.45) is 0. The fourth-order valence-electron chi connectivity index (χ4n) is 3.55. The molecule has 0 unspecified atom stereocenters. The summed E-state index contributed by atoms with van der Waals surface area (Å²) in [5.41, 5.74) is 2.03. The smallest absolute Gasteiger partial charge is 0.341 e. The Morgan fingerprint density at radius 2 is 1.76 bits per heavy atom. The minimum absolute atomic E-state index is 0.00617. The van der Waals surface area contributed by atoms with Gasteiger partial charge in [-0.3, -0.25) is 9.59 Å². The molecule has 29 heavy (non-hydrogen) atoms. The van der Waals surface area contributed by atoms with Crippen LogP contribution in [0.2, 0.25) is 0 Å². The molecule has 3 heterocycles. The average Bonchev–Trinajstić information content (AvgIpc) is 3.38. The van der Waals surface area contributed by atoms with Crippen LogP contribution in [0.15, 0.2) is 41.8 Å². The van der Waals surface area contributed by atoms with Crippen molar-refractivity contribution >= 4 is 40.0 Å². The number of aryl methyl sites for hydroxylation is 1. The Hall–Kier alpha value is -3.13. The monoisotopic (exact) mass is 411 g/mol. The zero-order valence-corrected chi connectivity index (χ0v) is 16.8. The molecule has 1 aliphatic heterocycles. The lowest BCUT2D eigenvalue weighted by atomic mass is 10.1. The van der Waals surface area contributed by atoms with Gasteiger partial charge < -0.3 is 19.5 Å². The molecular formula is C21H21N3O4S. The number of carbonyl (C=O) groups excluding carboxylic acids is 3. The van der Waals surface area contributed by atoms with Gasteiger partial charge in [-0.1, -0.05) is 24.3 Å². The molecule has 150 valence electrons. The number of esters is 1. The largest absolute Gasteiger partial charge is 0.452 e. The predicted molar refractivity (Wildman–Crippen MR) is 110 cm³/mol. The van der Waals surface area contributed by atoms with Crippen molar-refractivity contribution < 1.29 is 19.1 Å². The molecule has 4 rings (SSSR count). The fraction of sp³-hybridized carbons (Fsp3) is 0.286. The lowest BCUT2D eigenvalue weighted by molar-refractivity contribution is -0.136. The number of nitrogens with one attached hydrogen (secondary N) is 1. The number of thiophene rings is 1. The number of piperazine rings is 1. The van der Waals surface area contributed by atoms with E-state index in [1.54, 1.807) is 15.9 Å². The summed E-state index contributed by atoms with van der Waals surface area (Å²) < 4.78 is 5.29. The highest BCUT2D eigenvalue weighted by Crippen LogP contribution is 2.22. The lowest BCUT2D eigenvalue weighted by Crippen LogP contribution is -2.51. The molecule has 1 aliphatic rings. The Morgan fingerprint density at radius 3 is 2.48 bits per heavy atom. The first-order valence-corrected chi connectivity index (χ1v) is 10.3. The molecule has 1 fully saturated rings. The number of ether oxygens (including phenoxy) is 1. The summed E-state index contributed by atoms with van der Waals surface area (Å²) in [6.45, 7) is 3.30. The maximum Gasteiger partial charge on any atom is 0.341 e. The summed E-state index contributed by atoms with van der Waals surface area (Å²) in [6, 6.07) is 11.1. The fourth-order valence-corrected chi connectivity index (χ4v) is 4.24. The van der Waals surface area contributed by atoms with Crippen LogP contribution >= 0.6 is 11.3 Å². The summed E-state index contributed by atoms with van der Waals surface area (Å²) in [5.74, 6) is -0.771. The highest BCUT2D eigenvalue weighted by atomic mass is 32.1. The van der Waals surface area contributed by atoms with Crippen LogP contribution in [-0.4, -0.2) is 65.4 Å². The number of benzene rings is 1. The van der Waals surface area contributed by atoms with Crippen molar-refractivity contribution in [3.8, 4) is 0 Å². The van der Waals surface area contributed by atoms with E-state index >= 15 is 0 Å². The number of rotatable bonds is 4. The van der Waals surface area contributed by atoms with Crippen molar-refractivity contribution in [1.82, 2.24) is 14.8 Å². The molecule has 1 aromatic carbocycles. The Bertz CT molecular complexity index is 1050. The zero-order chi connectivity index (χ0) is 20.4. The van der Waals surface area contributed by atoms with Crippen LogP contribution in [-0.2, 0) is 9.53 Å². The van der Waals surface area contributed by atoms with E-state index in [1.807, 2.05) is 42.6 Å². The topological polar surface area (TPSA) is 82.7 Å². The zero-order valence-electron chi connectivity index (χ0n) is 16.0. The van der Waals surface area contributed by atoms with Gasteiger partial charge in [-0.05, 0) is 24.4 Å². The third-order valence-electron chi connectivity index (χ3n) is 5.08. The van der Waals surface area contributed by atoms with Crippen LogP contribution < -0.4 is 0 Å². The van der Waals surface area contributed by atoms with E-state index in [4.69, 9.17) is 4.74 Å². The molecule has 3 aromatic rings. The van der Waals surface area contributed by atoms with Gasteiger partial charge in [0.2, 0.25) is 0 Å². The lowest BCUT2D eigenvalue weighted by Gasteiger charge is -2.34. The second-order valence-corrected chi connectivity index (χ2v) is 7.84. The van der Waals surface area contributed by atoms with Gasteiger partial charge in [0.15, 0.2) is 6.61 Å². The van der Waals surface area contributed by atoms with E-state index in [1.165, 1.54) is 11.3 Å². The van der Waals surface area contributed by atoms with Gasteiger partial charge in [0.1, 0.15) is 0 Å². The van der Waals surface area contributed by atoms with Gasteiger partial charge in [-0.15, -0.1) is 11.3 Å². The normalized spacial score (nSPS) is 14.2. The third kappa shape index (κ3) is 3.88. The number of aromatic nitrogens is 1. The SMILES string of the molecule is Cc1[nH]c2ccccc2c1C(=O)OCC(=O)N1CCN(C(=O)c2cccs2)CC1. The molecular weight excluding hydrogens is 390 g/mol. The van der Waals surface area contributed by atoms with E-state index in [2.05, 4.69) is 4.98 Å². The first kappa shape index (κ1) is 19.2. The average molecular weight is 411 g/mol. The van der Waals surface area contributed by atoms with Crippen LogP contribution in [0.4, 0.5) is 0 Å². The molecule has 8 heteroatoms. The van der Waals surface area contributed by atoms with Crippen molar-refractivity contribution in [2.75, 3.05) is 32.8 Å². The molecule has 0 aliphatic carbocycles. The van der Waals surface area contributed by atoms with Crippen LogP contribution in [0.25, 0.3) is 10.9 Å². The van der Waals surface area contributed by atoms with Crippen molar-refractivity contribution in [3.63, 3.8) is 0 Å². The predicted octanol–water partition coefficient (Wildman–Crippen LogP) is 2.68.